The summed E-state index contributed by atoms with van der Waals surface area (Å²) < 4.78 is 16.7. The van der Waals surface area contributed by atoms with E-state index in [-0.39, 0.29) is 0 Å². The number of ether oxygens (including phenoxy) is 3. The molecule has 1 aromatic rings. The van der Waals surface area contributed by atoms with Gasteiger partial charge in [-0.25, -0.2) is 9.78 Å². The first-order valence-electron chi connectivity index (χ1n) is 5.56. The van der Waals surface area contributed by atoms with Gasteiger partial charge in [-0.15, -0.1) is 11.3 Å². The molecule has 1 aliphatic heterocycles. The van der Waals surface area contributed by atoms with Crippen LogP contribution >= 0.6 is 22.9 Å². The van der Waals surface area contributed by atoms with Crippen LogP contribution in [0.5, 0.6) is 0 Å². The molecular formula is C11H14ClNO4S. The fraction of sp³-hybridized carbons (Fsp3) is 0.636. The Bertz CT molecular complexity index is 448. The number of hydrogen-bond donors (Lipinski definition) is 0. The number of carbonyl (C=O) groups is 1. The Morgan fingerprint density at radius 3 is 2.89 bits per heavy atom. The largest absolute Gasteiger partial charge is 0.464 e. The number of carbonyl (C=O) groups excluding carboxylic acids is 1. The summed E-state index contributed by atoms with van der Waals surface area (Å²) in [6, 6.07) is 0. The Morgan fingerprint density at radius 1 is 1.61 bits per heavy atom. The van der Waals surface area contributed by atoms with Crippen LogP contribution in [0.25, 0.3) is 0 Å². The van der Waals surface area contributed by atoms with Gasteiger partial charge in [0.1, 0.15) is 6.10 Å². The molecule has 7 heteroatoms. The normalized spacial score (nSPS) is 26.2. The van der Waals surface area contributed by atoms with Crippen molar-refractivity contribution >= 4 is 28.9 Å². The van der Waals surface area contributed by atoms with Crippen LogP contribution in [0.15, 0.2) is 6.20 Å². The van der Waals surface area contributed by atoms with E-state index in [1.165, 1.54) is 11.3 Å². The molecule has 5 nitrogen and oxygen atoms in total. The highest BCUT2D eigenvalue weighted by molar-refractivity contribution is 7.15. The summed E-state index contributed by atoms with van der Waals surface area (Å²) >= 11 is 7.06. The molecule has 0 aromatic carbocycles. The zero-order valence-corrected chi connectivity index (χ0v) is 11.9. The van der Waals surface area contributed by atoms with E-state index in [1.807, 2.05) is 0 Å². The smallest absolute Gasteiger partial charge is 0.338 e. The van der Waals surface area contributed by atoms with Crippen molar-refractivity contribution in [2.24, 2.45) is 0 Å². The molecule has 0 radical (unpaired) electrons. The molecule has 2 rings (SSSR count). The molecule has 2 atom stereocenters. The average molecular weight is 292 g/mol. The summed E-state index contributed by atoms with van der Waals surface area (Å²) in [5.41, 5.74) is 0. The van der Waals surface area contributed by atoms with Gasteiger partial charge < -0.3 is 14.2 Å². The van der Waals surface area contributed by atoms with Gasteiger partial charge in [0.2, 0.25) is 0 Å². The number of thiazole rings is 1. The number of rotatable bonds is 3. The maximum absolute atomic E-state index is 11.8. The van der Waals surface area contributed by atoms with Gasteiger partial charge in [-0.3, -0.25) is 0 Å². The monoisotopic (exact) mass is 291 g/mol. The minimum atomic E-state index is -0.835. The summed E-state index contributed by atoms with van der Waals surface area (Å²) in [6.45, 7) is 5.55. The highest BCUT2D eigenvalue weighted by Gasteiger charge is 2.47. The van der Waals surface area contributed by atoms with E-state index in [9.17, 15) is 4.79 Å². The third-order valence-electron chi connectivity index (χ3n) is 2.39. The standard InChI is InChI=1S/C11H14ClNO4S/c1-4-15-9(14)8-7(16-11(2,3)17-8)6-5-13-10(12)18-6/h5,7-8H,4H2,1-3H3/t7-,8+/m1/s1. The number of halogens is 1. The van der Waals surface area contributed by atoms with Gasteiger partial charge in [-0.05, 0) is 20.8 Å². The second kappa shape index (κ2) is 5.13. The van der Waals surface area contributed by atoms with Crippen molar-refractivity contribution < 1.29 is 19.0 Å². The van der Waals surface area contributed by atoms with Crippen LogP contribution in [0, 0.1) is 0 Å². The van der Waals surface area contributed by atoms with Crippen molar-refractivity contribution in [1.82, 2.24) is 4.98 Å². The van der Waals surface area contributed by atoms with Crippen LogP contribution in [0.4, 0.5) is 0 Å². The number of hydrogen-bond acceptors (Lipinski definition) is 6. The quantitative estimate of drug-likeness (QED) is 0.801. The summed E-state index contributed by atoms with van der Waals surface area (Å²) in [5, 5.41) is 0. The van der Waals surface area contributed by atoms with E-state index >= 15 is 0 Å². The van der Waals surface area contributed by atoms with Gasteiger partial charge in [-0.2, -0.15) is 0 Å². The van der Waals surface area contributed by atoms with Gasteiger partial charge in [0.05, 0.1) is 11.5 Å². The summed E-state index contributed by atoms with van der Waals surface area (Å²) in [6.07, 6.45) is 0.287. The van der Waals surface area contributed by atoms with Crippen LogP contribution < -0.4 is 0 Å². The fourth-order valence-corrected chi connectivity index (χ4v) is 2.77. The third-order valence-corrected chi connectivity index (χ3v) is 3.57. The maximum atomic E-state index is 11.8. The molecule has 2 heterocycles. The lowest BCUT2D eigenvalue weighted by Gasteiger charge is -2.16. The molecule has 1 aliphatic rings. The lowest BCUT2D eigenvalue weighted by atomic mass is 10.2. The molecule has 0 N–H and O–H groups in total. The Labute approximate surface area is 114 Å². The Balaban J connectivity index is 2.23. The topological polar surface area (TPSA) is 57.7 Å². The highest BCUT2D eigenvalue weighted by atomic mass is 35.5. The van der Waals surface area contributed by atoms with Gasteiger partial charge in [0.15, 0.2) is 16.4 Å². The maximum Gasteiger partial charge on any atom is 0.338 e. The Morgan fingerprint density at radius 2 is 2.33 bits per heavy atom. The van der Waals surface area contributed by atoms with Gasteiger partial charge in [0.25, 0.3) is 0 Å². The number of nitrogens with zero attached hydrogens (tertiary/aromatic N) is 1. The predicted octanol–water partition coefficient (Wildman–Crippen LogP) is 2.55. The summed E-state index contributed by atoms with van der Waals surface area (Å²) in [7, 11) is 0. The van der Waals surface area contributed by atoms with Crippen molar-refractivity contribution in [3.63, 3.8) is 0 Å². The molecule has 0 bridgehead atoms. The van der Waals surface area contributed by atoms with Gasteiger partial charge in [-0.1, -0.05) is 11.6 Å². The van der Waals surface area contributed by atoms with E-state index in [1.54, 1.807) is 27.0 Å². The van der Waals surface area contributed by atoms with Crippen LogP contribution in [0.2, 0.25) is 4.47 Å². The first-order valence-corrected chi connectivity index (χ1v) is 6.76. The van der Waals surface area contributed by atoms with Crippen molar-refractivity contribution in [3.05, 3.63) is 15.5 Å². The minimum Gasteiger partial charge on any atom is -0.464 e. The number of aromatic nitrogens is 1. The molecule has 18 heavy (non-hydrogen) atoms. The Hall–Kier alpha value is -0.690. The average Bonchev–Trinajstić information content (AvgIpc) is 2.82. The molecule has 1 fully saturated rings. The van der Waals surface area contributed by atoms with Crippen LogP contribution in [-0.2, 0) is 19.0 Å². The second-order valence-electron chi connectivity index (χ2n) is 4.24. The lowest BCUT2D eigenvalue weighted by Crippen LogP contribution is -2.29. The molecular weight excluding hydrogens is 278 g/mol. The zero-order valence-electron chi connectivity index (χ0n) is 10.3. The highest BCUT2D eigenvalue weighted by Crippen LogP contribution is 2.41. The van der Waals surface area contributed by atoms with E-state index < -0.39 is 24.0 Å². The first kappa shape index (κ1) is 13.7. The molecule has 0 unspecified atom stereocenters. The molecule has 1 aromatic heterocycles. The first-order chi connectivity index (χ1) is 8.43. The summed E-state index contributed by atoms with van der Waals surface area (Å²) in [5.74, 6) is -1.27. The lowest BCUT2D eigenvalue weighted by molar-refractivity contribution is -0.170. The Kier molecular flexibility index (Phi) is 3.91. The van der Waals surface area contributed by atoms with E-state index in [2.05, 4.69) is 4.98 Å². The molecule has 0 spiro atoms. The number of esters is 1. The fourth-order valence-electron chi connectivity index (χ4n) is 1.76. The van der Waals surface area contributed by atoms with Gasteiger partial charge >= 0.3 is 5.97 Å². The molecule has 0 saturated carbocycles. The predicted molar refractivity (Wildman–Crippen MR) is 66.5 cm³/mol. The van der Waals surface area contributed by atoms with Crippen LogP contribution in [-0.4, -0.2) is 29.5 Å². The van der Waals surface area contributed by atoms with Crippen LogP contribution in [0.3, 0.4) is 0 Å². The van der Waals surface area contributed by atoms with Crippen molar-refractivity contribution in [1.29, 1.82) is 0 Å². The van der Waals surface area contributed by atoms with E-state index in [4.69, 9.17) is 25.8 Å². The minimum absolute atomic E-state index is 0.301. The van der Waals surface area contributed by atoms with Gasteiger partial charge in [0, 0.05) is 6.20 Å². The van der Waals surface area contributed by atoms with Crippen LogP contribution in [0.1, 0.15) is 31.8 Å². The molecule has 0 amide bonds. The molecule has 0 aliphatic carbocycles. The molecule has 1 saturated heterocycles. The van der Waals surface area contributed by atoms with E-state index in [0.717, 1.165) is 4.88 Å². The third kappa shape index (κ3) is 2.83. The van der Waals surface area contributed by atoms with Crippen molar-refractivity contribution in [2.75, 3.05) is 6.61 Å². The summed E-state index contributed by atoms with van der Waals surface area (Å²) in [4.78, 5) is 16.5. The zero-order chi connectivity index (χ0) is 13.3. The second-order valence-corrected chi connectivity index (χ2v) is 5.89. The van der Waals surface area contributed by atoms with Crippen molar-refractivity contribution in [2.45, 2.75) is 38.8 Å². The van der Waals surface area contributed by atoms with E-state index in [0.29, 0.717) is 11.1 Å². The van der Waals surface area contributed by atoms with Crippen molar-refractivity contribution in [3.8, 4) is 0 Å². The molecule has 100 valence electrons. The SMILES string of the molecule is CCOC(=O)[C@H]1OC(C)(C)O[C@@H]1c1cnc(Cl)s1.